The number of halogens is 2. The Hall–Kier alpha value is -1.25. The summed E-state index contributed by atoms with van der Waals surface area (Å²) >= 11 is 12.5. The highest BCUT2D eigenvalue weighted by Crippen LogP contribution is 2.37. The lowest BCUT2D eigenvalue weighted by atomic mass is 10.1. The summed E-state index contributed by atoms with van der Waals surface area (Å²) in [4.78, 5) is 12.9. The minimum Gasteiger partial charge on any atom is -0.360 e. The van der Waals surface area contributed by atoms with Crippen LogP contribution in [-0.4, -0.2) is 41.6 Å². The van der Waals surface area contributed by atoms with Gasteiger partial charge in [-0.05, 0) is 19.1 Å². The maximum Gasteiger partial charge on any atom is 0.288 e. The van der Waals surface area contributed by atoms with Crippen molar-refractivity contribution in [3.8, 4) is 11.3 Å². The normalized spacial score (nSPS) is 21.7. The van der Waals surface area contributed by atoms with Gasteiger partial charge in [-0.15, -0.1) is 0 Å². The van der Waals surface area contributed by atoms with Crippen molar-refractivity contribution in [2.24, 2.45) is 4.36 Å². The van der Waals surface area contributed by atoms with Crippen molar-refractivity contribution in [2.75, 3.05) is 24.7 Å². The van der Waals surface area contributed by atoms with Crippen LogP contribution in [-0.2, 0) is 20.2 Å². The maximum absolute atomic E-state index is 12.9. The molecule has 2 aromatic rings. The first-order valence-corrected chi connectivity index (χ1v) is 10.4. The summed E-state index contributed by atoms with van der Waals surface area (Å²) in [6.45, 7) is 2.85. The van der Waals surface area contributed by atoms with E-state index in [9.17, 15) is 4.79 Å². The molecule has 0 N–H and O–H groups in total. The van der Waals surface area contributed by atoms with Gasteiger partial charge in [-0.25, -0.2) is 0 Å². The molecular weight excluding hydrogens is 399 g/mol. The summed E-state index contributed by atoms with van der Waals surface area (Å²) in [5, 5.41) is 4.80. The first-order valence-electron chi connectivity index (χ1n) is 8.11. The molecule has 4 rings (SSSR count). The van der Waals surface area contributed by atoms with Crippen molar-refractivity contribution in [3.63, 3.8) is 0 Å². The van der Waals surface area contributed by atoms with Gasteiger partial charge >= 0.3 is 0 Å². The van der Waals surface area contributed by atoms with E-state index in [1.165, 1.54) is 0 Å². The lowest BCUT2D eigenvalue weighted by molar-refractivity contribution is -0.134. The minimum absolute atomic E-state index is 0.293. The summed E-state index contributed by atoms with van der Waals surface area (Å²) in [7, 11) is -0.465. The molecule has 1 atom stereocenters. The van der Waals surface area contributed by atoms with Crippen LogP contribution in [0.25, 0.3) is 11.3 Å². The number of benzene rings is 1. The number of hydrogen-bond acceptors (Lipinski definition) is 5. The number of rotatable bonds is 2. The van der Waals surface area contributed by atoms with E-state index in [0.29, 0.717) is 51.6 Å². The second-order valence-corrected chi connectivity index (χ2v) is 8.74. The third-order valence-corrected chi connectivity index (χ3v) is 6.91. The zero-order valence-electron chi connectivity index (χ0n) is 14.0. The maximum atomic E-state index is 12.9. The van der Waals surface area contributed by atoms with Crippen LogP contribution < -0.4 is 0 Å². The predicted molar refractivity (Wildman–Crippen MR) is 99.8 cm³/mol. The molecule has 26 heavy (non-hydrogen) atoms. The Morgan fingerprint density at radius 2 is 1.96 bits per heavy atom. The van der Waals surface area contributed by atoms with Crippen LogP contribution >= 0.6 is 23.2 Å². The van der Waals surface area contributed by atoms with Crippen LogP contribution in [0.4, 0.5) is 0 Å². The third-order valence-electron chi connectivity index (χ3n) is 4.41. The molecule has 2 fully saturated rings. The van der Waals surface area contributed by atoms with Gasteiger partial charge < -0.3 is 14.0 Å². The van der Waals surface area contributed by atoms with E-state index in [1.807, 2.05) is 0 Å². The molecule has 0 bridgehead atoms. The van der Waals surface area contributed by atoms with Gasteiger partial charge in [0.05, 0.1) is 29.0 Å². The van der Waals surface area contributed by atoms with Gasteiger partial charge in [0.1, 0.15) is 17.0 Å². The quantitative estimate of drug-likeness (QED) is 0.740. The monoisotopic (exact) mass is 414 g/mol. The van der Waals surface area contributed by atoms with E-state index in [2.05, 4.69) is 9.52 Å². The molecule has 1 aromatic heterocycles. The van der Waals surface area contributed by atoms with Gasteiger partial charge in [-0.1, -0.05) is 45.1 Å². The zero-order valence-corrected chi connectivity index (χ0v) is 16.3. The molecular formula is C17H16Cl2N2O4S. The Bertz CT molecular complexity index is 886. The number of carbonyl (C=O) groups is 1. The summed E-state index contributed by atoms with van der Waals surface area (Å²) in [5.74, 6) is 0.804. The molecule has 2 aliphatic rings. The first-order chi connectivity index (χ1) is 12.5. The van der Waals surface area contributed by atoms with E-state index in [0.717, 1.165) is 12.2 Å². The number of carbonyl (C=O) groups excluding carboxylic acids is 1. The SMILES string of the molecule is Cc1onc(-c2c(Cl)cccc2Cl)c1C(=O)N=S1CCC2(C1)OCCO2. The predicted octanol–water partition coefficient (Wildman–Crippen LogP) is 4.05. The van der Waals surface area contributed by atoms with E-state index < -0.39 is 16.5 Å². The Labute approximate surface area is 162 Å². The molecule has 1 aromatic carbocycles. The highest BCUT2D eigenvalue weighted by molar-refractivity contribution is 7.87. The van der Waals surface area contributed by atoms with E-state index >= 15 is 0 Å². The molecule has 0 aliphatic carbocycles. The molecule has 1 spiro atoms. The van der Waals surface area contributed by atoms with Crippen molar-refractivity contribution < 1.29 is 18.8 Å². The number of hydrogen-bond donors (Lipinski definition) is 0. The summed E-state index contributed by atoms with van der Waals surface area (Å²) in [6, 6.07) is 5.11. The zero-order chi connectivity index (χ0) is 18.3. The lowest BCUT2D eigenvalue weighted by Crippen LogP contribution is -2.30. The van der Waals surface area contributed by atoms with Gasteiger partial charge in [-0.3, -0.25) is 4.79 Å². The van der Waals surface area contributed by atoms with E-state index in [1.54, 1.807) is 25.1 Å². The van der Waals surface area contributed by atoms with Crippen LogP contribution in [0.1, 0.15) is 22.5 Å². The standard InChI is InChI=1S/C17H16Cl2N2O4S/c1-10-13(15(20-25-10)14-11(18)3-2-4-12(14)19)16(22)21-26-8-5-17(9-26)23-6-7-24-17/h2-4H,5-9H2,1H3. The Morgan fingerprint density at radius 1 is 1.27 bits per heavy atom. The highest BCUT2D eigenvalue weighted by Gasteiger charge is 2.42. The Balaban J connectivity index is 1.68. The van der Waals surface area contributed by atoms with Crippen molar-refractivity contribution in [3.05, 3.63) is 39.6 Å². The number of aryl methyl sites for hydroxylation is 1. The van der Waals surface area contributed by atoms with Crippen LogP contribution in [0, 0.1) is 6.92 Å². The minimum atomic E-state index is -0.564. The number of ether oxygens (including phenoxy) is 2. The fraction of sp³-hybridized carbons (Fsp3) is 0.412. The molecule has 1 amide bonds. The summed E-state index contributed by atoms with van der Waals surface area (Å²) in [5.41, 5.74) is 1.08. The average Bonchev–Trinajstić information content (AvgIpc) is 3.30. The smallest absolute Gasteiger partial charge is 0.288 e. The topological polar surface area (TPSA) is 73.9 Å². The van der Waals surface area contributed by atoms with Crippen LogP contribution in [0.5, 0.6) is 0 Å². The Morgan fingerprint density at radius 3 is 2.65 bits per heavy atom. The molecule has 0 saturated carbocycles. The average molecular weight is 415 g/mol. The first kappa shape index (κ1) is 18.1. The van der Waals surface area contributed by atoms with Crippen LogP contribution in [0.2, 0.25) is 10.0 Å². The van der Waals surface area contributed by atoms with Gasteiger partial charge in [0.15, 0.2) is 5.79 Å². The number of nitrogens with zero attached hydrogens (tertiary/aromatic N) is 2. The van der Waals surface area contributed by atoms with Crippen molar-refractivity contribution in [1.29, 1.82) is 0 Å². The van der Waals surface area contributed by atoms with Crippen LogP contribution in [0.15, 0.2) is 27.1 Å². The molecule has 2 saturated heterocycles. The highest BCUT2D eigenvalue weighted by atomic mass is 35.5. The fourth-order valence-corrected chi connectivity index (χ4v) is 5.72. The summed E-state index contributed by atoms with van der Waals surface area (Å²) in [6.07, 6.45) is 0.749. The number of aromatic nitrogens is 1. The van der Waals surface area contributed by atoms with E-state index in [4.69, 9.17) is 37.2 Å². The molecule has 0 radical (unpaired) electrons. The lowest BCUT2D eigenvalue weighted by Gasteiger charge is -2.19. The van der Waals surface area contributed by atoms with E-state index in [-0.39, 0.29) is 5.91 Å². The van der Waals surface area contributed by atoms with Gasteiger partial charge in [0.25, 0.3) is 5.91 Å². The van der Waals surface area contributed by atoms with Crippen molar-refractivity contribution >= 4 is 39.8 Å². The third kappa shape index (κ3) is 3.23. The largest absolute Gasteiger partial charge is 0.360 e. The second kappa shape index (κ2) is 7.05. The Kier molecular flexibility index (Phi) is 4.92. The molecule has 2 aliphatic heterocycles. The van der Waals surface area contributed by atoms with Crippen molar-refractivity contribution in [2.45, 2.75) is 19.1 Å². The molecule has 3 heterocycles. The molecule has 6 nitrogen and oxygen atoms in total. The fourth-order valence-electron chi connectivity index (χ4n) is 3.16. The van der Waals surface area contributed by atoms with Gasteiger partial charge in [0.2, 0.25) is 0 Å². The second-order valence-electron chi connectivity index (χ2n) is 6.12. The van der Waals surface area contributed by atoms with Crippen LogP contribution in [0.3, 0.4) is 0 Å². The summed E-state index contributed by atoms with van der Waals surface area (Å²) < 4.78 is 21.0. The van der Waals surface area contributed by atoms with Gasteiger partial charge in [-0.2, -0.15) is 4.36 Å². The molecule has 138 valence electrons. The van der Waals surface area contributed by atoms with Crippen molar-refractivity contribution in [1.82, 2.24) is 5.16 Å². The number of amides is 1. The van der Waals surface area contributed by atoms with Gasteiger partial charge in [0, 0.05) is 17.7 Å². The molecule has 1 unspecified atom stereocenters. The molecule has 9 heteroatoms.